The largest absolute Gasteiger partial charge is 0.325 e. The number of aromatic nitrogens is 2. The Bertz CT molecular complexity index is 1010. The van der Waals surface area contributed by atoms with E-state index in [2.05, 4.69) is 22.2 Å². The van der Waals surface area contributed by atoms with Crippen LogP contribution in [0.15, 0.2) is 29.3 Å². The monoisotopic (exact) mass is 397 g/mol. The van der Waals surface area contributed by atoms with Gasteiger partial charge in [0.1, 0.15) is 15.7 Å². The Kier molecular flexibility index (Phi) is 5.19. The SMILES string of the molecule is Cc1nc(SCC(=O)Nc2ccccc2C)c2c3c(sc2n1)C[C@H](C)CC3. The first-order valence-corrected chi connectivity index (χ1v) is 11.1. The lowest BCUT2D eigenvalue weighted by Gasteiger charge is -2.18. The number of nitrogens with one attached hydrogen (secondary N) is 1. The van der Waals surface area contributed by atoms with Crippen molar-refractivity contribution < 1.29 is 4.79 Å². The van der Waals surface area contributed by atoms with E-state index in [1.165, 1.54) is 34.0 Å². The predicted molar refractivity (Wildman–Crippen MR) is 114 cm³/mol. The molecule has 2 aromatic heterocycles. The van der Waals surface area contributed by atoms with Crippen LogP contribution in [-0.4, -0.2) is 21.6 Å². The molecule has 0 saturated carbocycles. The van der Waals surface area contributed by atoms with Crippen molar-refractivity contribution in [3.8, 4) is 0 Å². The number of fused-ring (bicyclic) bond motifs is 3. The fourth-order valence-corrected chi connectivity index (χ4v) is 5.94. The van der Waals surface area contributed by atoms with Gasteiger partial charge in [-0.1, -0.05) is 36.9 Å². The van der Waals surface area contributed by atoms with Gasteiger partial charge in [0.05, 0.1) is 5.75 Å². The normalized spacial score (nSPS) is 16.3. The van der Waals surface area contributed by atoms with Gasteiger partial charge in [0, 0.05) is 16.0 Å². The summed E-state index contributed by atoms with van der Waals surface area (Å²) in [7, 11) is 0. The number of thiophene rings is 1. The molecule has 0 unspecified atom stereocenters. The Balaban J connectivity index is 1.57. The summed E-state index contributed by atoms with van der Waals surface area (Å²) >= 11 is 3.32. The Morgan fingerprint density at radius 2 is 2.11 bits per heavy atom. The van der Waals surface area contributed by atoms with Crippen molar-refractivity contribution in [3.63, 3.8) is 0 Å². The van der Waals surface area contributed by atoms with Gasteiger partial charge in [-0.3, -0.25) is 4.79 Å². The van der Waals surface area contributed by atoms with Crippen LogP contribution in [0.1, 0.15) is 35.2 Å². The quantitative estimate of drug-likeness (QED) is 0.488. The number of hydrogen-bond acceptors (Lipinski definition) is 5. The zero-order valence-corrected chi connectivity index (χ0v) is 17.5. The zero-order chi connectivity index (χ0) is 19.0. The molecule has 0 bridgehead atoms. The topological polar surface area (TPSA) is 54.9 Å². The van der Waals surface area contributed by atoms with Crippen LogP contribution in [0.2, 0.25) is 0 Å². The fourth-order valence-electron chi connectivity index (χ4n) is 3.55. The lowest BCUT2D eigenvalue weighted by molar-refractivity contribution is -0.113. The van der Waals surface area contributed by atoms with Crippen LogP contribution in [0.5, 0.6) is 0 Å². The molecule has 2 heterocycles. The van der Waals surface area contributed by atoms with E-state index in [1.807, 2.05) is 38.1 Å². The van der Waals surface area contributed by atoms with Crippen LogP contribution < -0.4 is 5.32 Å². The van der Waals surface area contributed by atoms with Crippen molar-refractivity contribution in [2.45, 2.75) is 45.1 Å². The van der Waals surface area contributed by atoms with Crippen LogP contribution in [0.25, 0.3) is 10.2 Å². The number of benzene rings is 1. The smallest absolute Gasteiger partial charge is 0.234 e. The molecule has 0 saturated heterocycles. The Morgan fingerprint density at radius 3 is 2.93 bits per heavy atom. The predicted octanol–water partition coefficient (Wildman–Crippen LogP) is 5.16. The molecule has 0 aliphatic heterocycles. The summed E-state index contributed by atoms with van der Waals surface area (Å²) in [6, 6.07) is 7.84. The van der Waals surface area contributed by atoms with Crippen LogP contribution in [0.3, 0.4) is 0 Å². The summed E-state index contributed by atoms with van der Waals surface area (Å²) in [6.45, 7) is 6.24. The number of para-hydroxylation sites is 1. The third kappa shape index (κ3) is 3.87. The standard InChI is InChI=1S/C21H23N3OS2/c1-12-8-9-15-17(10-12)27-21-19(15)20(22-14(3)23-21)26-11-18(25)24-16-7-5-4-6-13(16)2/h4-7,12H,8-11H2,1-3H3,(H,24,25)/t12-/m1/s1. The summed E-state index contributed by atoms with van der Waals surface area (Å²) in [5, 5.41) is 5.13. The minimum atomic E-state index is -0.00330. The fraction of sp³-hybridized carbons (Fsp3) is 0.381. The number of nitrogens with zero attached hydrogens (tertiary/aromatic N) is 2. The maximum atomic E-state index is 12.5. The summed E-state index contributed by atoms with van der Waals surface area (Å²) in [5.74, 6) is 1.85. The molecular weight excluding hydrogens is 374 g/mol. The van der Waals surface area contributed by atoms with E-state index < -0.39 is 0 Å². The molecule has 4 rings (SSSR count). The summed E-state index contributed by atoms with van der Waals surface area (Å²) in [6.07, 6.45) is 3.43. The van der Waals surface area contributed by atoms with Crippen LogP contribution in [-0.2, 0) is 17.6 Å². The molecule has 1 atom stereocenters. The molecule has 27 heavy (non-hydrogen) atoms. The number of rotatable bonds is 4. The number of thioether (sulfide) groups is 1. The van der Waals surface area contributed by atoms with Crippen molar-refractivity contribution in [2.75, 3.05) is 11.1 Å². The van der Waals surface area contributed by atoms with Crippen molar-refractivity contribution in [2.24, 2.45) is 5.92 Å². The first-order chi connectivity index (χ1) is 13.0. The van der Waals surface area contributed by atoms with Crippen molar-refractivity contribution in [1.82, 2.24) is 9.97 Å². The third-order valence-corrected chi connectivity index (χ3v) is 7.12. The van der Waals surface area contributed by atoms with Crippen LogP contribution >= 0.6 is 23.1 Å². The maximum absolute atomic E-state index is 12.5. The van der Waals surface area contributed by atoms with Gasteiger partial charge in [0.15, 0.2) is 0 Å². The maximum Gasteiger partial charge on any atom is 0.234 e. The molecule has 4 nitrogen and oxygen atoms in total. The van der Waals surface area contributed by atoms with Gasteiger partial charge in [0.2, 0.25) is 5.91 Å². The lowest BCUT2D eigenvalue weighted by atomic mass is 9.89. The molecule has 0 spiro atoms. The van der Waals surface area contributed by atoms with E-state index >= 15 is 0 Å². The molecule has 0 radical (unpaired) electrons. The van der Waals surface area contributed by atoms with Crippen molar-refractivity contribution in [3.05, 3.63) is 46.1 Å². The van der Waals surface area contributed by atoms with Crippen molar-refractivity contribution in [1.29, 1.82) is 0 Å². The minimum Gasteiger partial charge on any atom is -0.325 e. The molecule has 140 valence electrons. The van der Waals surface area contributed by atoms with Crippen LogP contribution in [0, 0.1) is 19.8 Å². The zero-order valence-electron chi connectivity index (χ0n) is 15.8. The van der Waals surface area contributed by atoms with E-state index in [9.17, 15) is 4.79 Å². The van der Waals surface area contributed by atoms with E-state index in [0.29, 0.717) is 5.75 Å². The molecule has 1 aliphatic carbocycles. The average molecular weight is 398 g/mol. The van der Waals surface area contributed by atoms with E-state index in [0.717, 1.165) is 45.7 Å². The van der Waals surface area contributed by atoms with Gasteiger partial charge < -0.3 is 5.32 Å². The first-order valence-electron chi connectivity index (χ1n) is 9.28. The van der Waals surface area contributed by atoms with E-state index in [4.69, 9.17) is 0 Å². The molecule has 1 amide bonds. The minimum absolute atomic E-state index is 0.00330. The van der Waals surface area contributed by atoms with E-state index in [1.54, 1.807) is 11.3 Å². The second-order valence-electron chi connectivity index (χ2n) is 7.26. The highest BCUT2D eigenvalue weighted by Gasteiger charge is 2.24. The second kappa shape index (κ2) is 7.60. The van der Waals surface area contributed by atoms with Gasteiger partial charge in [-0.25, -0.2) is 9.97 Å². The molecule has 0 fully saturated rings. The van der Waals surface area contributed by atoms with Gasteiger partial charge in [0.25, 0.3) is 0 Å². The number of carbonyl (C=O) groups is 1. The molecule has 1 N–H and O–H groups in total. The lowest BCUT2D eigenvalue weighted by Crippen LogP contribution is -2.15. The highest BCUT2D eigenvalue weighted by atomic mass is 32.2. The highest BCUT2D eigenvalue weighted by Crippen LogP contribution is 2.40. The molecule has 6 heteroatoms. The third-order valence-electron chi connectivity index (χ3n) is 4.99. The van der Waals surface area contributed by atoms with Gasteiger partial charge >= 0.3 is 0 Å². The number of carbonyl (C=O) groups excluding carboxylic acids is 1. The van der Waals surface area contributed by atoms with E-state index in [-0.39, 0.29) is 5.91 Å². The van der Waals surface area contributed by atoms with Crippen molar-refractivity contribution >= 4 is 44.9 Å². The Labute approximate surface area is 167 Å². The Morgan fingerprint density at radius 1 is 1.30 bits per heavy atom. The highest BCUT2D eigenvalue weighted by molar-refractivity contribution is 8.00. The van der Waals surface area contributed by atoms with Gasteiger partial charge in [-0.2, -0.15) is 0 Å². The first kappa shape index (κ1) is 18.4. The number of aryl methyl sites for hydroxylation is 3. The molecule has 1 aliphatic rings. The average Bonchev–Trinajstić information content (AvgIpc) is 2.98. The van der Waals surface area contributed by atoms with Crippen LogP contribution in [0.4, 0.5) is 5.69 Å². The molecular formula is C21H23N3OS2. The number of amides is 1. The number of hydrogen-bond donors (Lipinski definition) is 1. The number of anilines is 1. The summed E-state index contributed by atoms with van der Waals surface area (Å²) in [4.78, 5) is 24.3. The molecule has 3 aromatic rings. The summed E-state index contributed by atoms with van der Waals surface area (Å²) < 4.78 is 0. The second-order valence-corrected chi connectivity index (χ2v) is 9.31. The van der Waals surface area contributed by atoms with Gasteiger partial charge in [-0.15, -0.1) is 11.3 Å². The molecule has 1 aromatic carbocycles. The van der Waals surface area contributed by atoms with Gasteiger partial charge in [-0.05, 0) is 56.2 Å². The summed E-state index contributed by atoms with van der Waals surface area (Å²) in [5.41, 5.74) is 3.35. The Hall–Kier alpha value is -1.92.